The van der Waals surface area contributed by atoms with E-state index in [0.717, 1.165) is 44.9 Å². The fourth-order valence-corrected chi connectivity index (χ4v) is 9.25. The van der Waals surface area contributed by atoms with Gasteiger partial charge in [-0.05, 0) is 104 Å². The van der Waals surface area contributed by atoms with E-state index in [2.05, 4.69) is 20.8 Å². The van der Waals surface area contributed by atoms with Gasteiger partial charge in [0.05, 0.1) is 18.1 Å². The van der Waals surface area contributed by atoms with Crippen molar-refractivity contribution in [2.75, 3.05) is 0 Å². The molecule has 0 aromatic carbocycles. The van der Waals surface area contributed by atoms with E-state index < -0.39 is 5.97 Å². The van der Waals surface area contributed by atoms with Crippen LogP contribution >= 0.6 is 0 Å². The van der Waals surface area contributed by atoms with Crippen molar-refractivity contribution in [1.82, 2.24) is 0 Å². The number of hydrogen-bond acceptors (Lipinski definition) is 3. The van der Waals surface area contributed by atoms with E-state index in [-0.39, 0.29) is 18.1 Å². The van der Waals surface area contributed by atoms with Crippen molar-refractivity contribution >= 4 is 5.97 Å². The van der Waals surface area contributed by atoms with Crippen LogP contribution in [0.3, 0.4) is 0 Å². The SMILES string of the molecule is C[C@H](CCC[C@H](C)C(=O)O)[C@H]1CC[C@H]2[C@@H]3[C@@H](O)C[C@H]4C[C@H](O)CC[C@]4(C)[C@H]3CC[C@]12C. The van der Waals surface area contributed by atoms with Crippen LogP contribution in [0.25, 0.3) is 0 Å². The smallest absolute Gasteiger partial charge is 0.306 e. The highest BCUT2D eigenvalue weighted by molar-refractivity contribution is 5.69. The Kier molecular flexibility index (Phi) is 6.55. The lowest BCUT2D eigenvalue weighted by Gasteiger charge is -2.62. The van der Waals surface area contributed by atoms with Crippen LogP contribution < -0.4 is 0 Å². The van der Waals surface area contributed by atoms with Gasteiger partial charge in [0.25, 0.3) is 0 Å². The summed E-state index contributed by atoms with van der Waals surface area (Å²) in [6.07, 6.45) is 11.4. The summed E-state index contributed by atoms with van der Waals surface area (Å²) < 4.78 is 0. The average molecular weight is 435 g/mol. The molecule has 178 valence electrons. The molecule has 4 saturated carbocycles. The highest BCUT2D eigenvalue weighted by Crippen LogP contribution is 2.68. The van der Waals surface area contributed by atoms with E-state index in [1.54, 1.807) is 0 Å². The van der Waals surface area contributed by atoms with Gasteiger partial charge in [0.15, 0.2) is 0 Å². The lowest BCUT2D eigenvalue weighted by molar-refractivity contribution is -0.174. The second-order valence-corrected chi connectivity index (χ2v) is 12.6. The maximum atomic E-state index is 11.3. The van der Waals surface area contributed by atoms with Gasteiger partial charge >= 0.3 is 5.97 Å². The Labute approximate surface area is 189 Å². The number of rotatable bonds is 6. The van der Waals surface area contributed by atoms with Crippen molar-refractivity contribution in [3.63, 3.8) is 0 Å². The third-order valence-electron chi connectivity index (χ3n) is 11.1. The molecule has 4 fully saturated rings. The predicted octanol–water partition coefficient (Wildman–Crippen LogP) is 5.50. The van der Waals surface area contributed by atoms with Gasteiger partial charge in [0, 0.05) is 0 Å². The van der Waals surface area contributed by atoms with Crippen LogP contribution in [0, 0.1) is 52.3 Å². The zero-order valence-electron chi connectivity index (χ0n) is 20.2. The lowest BCUT2D eigenvalue weighted by Crippen LogP contribution is -2.58. The molecule has 0 heterocycles. The van der Waals surface area contributed by atoms with Crippen LogP contribution in [0.5, 0.6) is 0 Å². The maximum absolute atomic E-state index is 11.3. The van der Waals surface area contributed by atoms with Crippen LogP contribution in [-0.4, -0.2) is 33.5 Å². The minimum absolute atomic E-state index is 0.170. The minimum atomic E-state index is -0.674. The summed E-state index contributed by atoms with van der Waals surface area (Å²) in [6, 6.07) is 0. The van der Waals surface area contributed by atoms with Gasteiger partial charge in [-0.3, -0.25) is 4.79 Å². The molecular weight excluding hydrogens is 388 g/mol. The Morgan fingerprint density at radius 2 is 1.61 bits per heavy atom. The molecule has 0 unspecified atom stereocenters. The van der Waals surface area contributed by atoms with E-state index in [0.29, 0.717) is 46.3 Å². The van der Waals surface area contributed by atoms with Crippen molar-refractivity contribution in [2.45, 2.75) is 111 Å². The molecule has 0 bridgehead atoms. The van der Waals surface area contributed by atoms with Crippen LogP contribution in [0.15, 0.2) is 0 Å². The molecule has 0 saturated heterocycles. The van der Waals surface area contributed by atoms with Crippen LogP contribution in [0.2, 0.25) is 0 Å². The molecule has 4 heteroatoms. The van der Waals surface area contributed by atoms with Crippen LogP contribution in [0.4, 0.5) is 0 Å². The normalized spacial score (nSPS) is 48.9. The third kappa shape index (κ3) is 3.98. The van der Waals surface area contributed by atoms with E-state index in [1.807, 2.05) is 6.92 Å². The fraction of sp³-hybridized carbons (Fsp3) is 0.963. The van der Waals surface area contributed by atoms with Crippen molar-refractivity contribution in [3.8, 4) is 0 Å². The molecule has 0 aromatic rings. The minimum Gasteiger partial charge on any atom is -0.481 e. The molecule has 3 N–H and O–H groups in total. The molecule has 0 spiro atoms. The third-order valence-corrected chi connectivity index (χ3v) is 11.1. The first-order valence-corrected chi connectivity index (χ1v) is 13.2. The highest BCUT2D eigenvalue weighted by Gasteiger charge is 2.62. The van der Waals surface area contributed by atoms with Gasteiger partial charge in [-0.2, -0.15) is 0 Å². The fourth-order valence-electron chi connectivity index (χ4n) is 9.25. The topological polar surface area (TPSA) is 77.8 Å². The van der Waals surface area contributed by atoms with Gasteiger partial charge in [0.2, 0.25) is 0 Å². The Morgan fingerprint density at radius 1 is 0.935 bits per heavy atom. The molecule has 4 aliphatic carbocycles. The highest BCUT2D eigenvalue weighted by atomic mass is 16.4. The molecular formula is C27H46O4. The summed E-state index contributed by atoms with van der Waals surface area (Å²) in [6.45, 7) is 9.22. The summed E-state index contributed by atoms with van der Waals surface area (Å²) in [5.41, 5.74) is 0.610. The lowest BCUT2D eigenvalue weighted by atomic mass is 9.43. The van der Waals surface area contributed by atoms with Gasteiger partial charge in [0.1, 0.15) is 0 Å². The summed E-state index contributed by atoms with van der Waals surface area (Å²) in [5, 5.41) is 30.8. The molecule has 0 radical (unpaired) electrons. The number of aliphatic carboxylic acids is 1. The number of aliphatic hydroxyl groups excluding tert-OH is 2. The number of carboxylic acid groups (broad SMARTS) is 1. The second kappa shape index (κ2) is 8.63. The van der Waals surface area contributed by atoms with Crippen molar-refractivity contribution in [3.05, 3.63) is 0 Å². The van der Waals surface area contributed by atoms with Crippen molar-refractivity contribution < 1.29 is 20.1 Å². The Hall–Kier alpha value is -0.610. The average Bonchev–Trinajstić information content (AvgIpc) is 3.06. The number of carboxylic acids is 1. The monoisotopic (exact) mass is 434 g/mol. The molecule has 11 atom stereocenters. The number of hydrogen-bond donors (Lipinski definition) is 3. The summed E-state index contributed by atoms with van der Waals surface area (Å²) >= 11 is 0. The summed E-state index contributed by atoms with van der Waals surface area (Å²) in [5.74, 6) is 2.55. The molecule has 0 aliphatic heterocycles. The van der Waals surface area contributed by atoms with Crippen molar-refractivity contribution in [2.24, 2.45) is 52.3 Å². The first-order valence-electron chi connectivity index (χ1n) is 13.2. The van der Waals surface area contributed by atoms with E-state index >= 15 is 0 Å². The molecule has 4 nitrogen and oxygen atoms in total. The van der Waals surface area contributed by atoms with E-state index in [9.17, 15) is 15.0 Å². The molecule has 0 amide bonds. The molecule has 31 heavy (non-hydrogen) atoms. The second-order valence-electron chi connectivity index (χ2n) is 12.6. The van der Waals surface area contributed by atoms with Gasteiger partial charge in [-0.1, -0.05) is 40.5 Å². The molecule has 4 rings (SSSR count). The van der Waals surface area contributed by atoms with Gasteiger partial charge in [-0.25, -0.2) is 0 Å². The van der Waals surface area contributed by atoms with E-state index in [4.69, 9.17) is 5.11 Å². The summed E-state index contributed by atoms with van der Waals surface area (Å²) in [4.78, 5) is 11.1. The zero-order chi connectivity index (χ0) is 22.6. The largest absolute Gasteiger partial charge is 0.481 e. The number of aliphatic hydroxyl groups is 2. The molecule has 0 aromatic heterocycles. The first kappa shape index (κ1) is 23.5. The predicted molar refractivity (Wildman–Crippen MR) is 122 cm³/mol. The number of fused-ring (bicyclic) bond motifs is 5. The zero-order valence-corrected chi connectivity index (χ0v) is 20.2. The van der Waals surface area contributed by atoms with E-state index in [1.165, 1.54) is 25.7 Å². The number of carbonyl (C=O) groups is 1. The standard InChI is InChI=1S/C27H46O4/c1-16(6-5-7-17(2)25(30)31)20-8-9-21-24-22(11-13-27(20,21)4)26(3)12-10-19(28)14-18(26)15-23(24)29/h16-24,28-29H,5-15H2,1-4H3,(H,30,31)/t16-,17+,18-,19-,20-,21+,22+,23+,24+,26+,27-/m1/s1. The maximum Gasteiger partial charge on any atom is 0.306 e. The Balaban J connectivity index is 1.46. The van der Waals surface area contributed by atoms with Gasteiger partial charge in [-0.15, -0.1) is 0 Å². The molecule has 4 aliphatic rings. The first-order chi connectivity index (χ1) is 14.6. The van der Waals surface area contributed by atoms with Crippen LogP contribution in [-0.2, 0) is 4.79 Å². The quantitative estimate of drug-likeness (QED) is 0.515. The van der Waals surface area contributed by atoms with Crippen LogP contribution in [0.1, 0.15) is 98.3 Å². The van der Waals surface area contributed by atoms with Gasteiger partial charge < -0.3 is 15.3 Å². The summed E-state index contributed by atoms with van der Waals surface area (Å²) in [7, 11) is 0. The van der Waals surface area contributed by atoms with Crippen molar-refractivity contribution in [1.29, 1.82) is 0 Å². The Morgan fingerprint density at radius 3 is 2.32 bits per heavy atom. The Bertz CT molecular complexity index is 664.